The van der Waals surface area contributed by atoms with E-state index < -0.39 is 17.5 Å². The molecule has 2 aromatic rings. The smallest absolute Gasteiger partial charge is 0.256 e. The topological polar surface area (TPSA) is 52.9 Å². The molecule has 6 heteroatoms. The summed E-state index contributed by atoms with van der Waals surface area (Å²) in [5, 5.41) is 14.1. The fourth-order valence-electron chi connectivity index (χ4n) is 1.93. The lowest BCUT2D eigenvalue weighted by molar-refractivity contribution is 0.102. The third-order valence-corrected chi connectivity index (χ3v) is 4.02. The molecule has 2 rings (SSSR count). The molecular formula is C16H14F2N2OS. The van der Waals surface area contributed by atoms with Crippen molar-refractivity contribution in [1.82, 2.24) is 0 Å². The van der Waals surface area contributed by atoms with E-state index in [1.807, 2.05) is 26.2 Å². The maximum Gasteiger partial charge on any atom is 0.256 e. The molecule has 1 aromatic heterocycles. The lowest BCUT2D eigenvalue weighted by Crippen LogP contribution is -2.14. The van der Waals surface area contributed by atoms with Gasteiger partial charge >= 0.3 is 0 Å². The van der Waals surface area contributed by atoms with Crippen LogP contribution >= 0.6 is 11.3 Å². The van der Waals surface area contributed by atoms with Crippen LogP contribution in [-0.4, -0.2) is 5.91 Å². The summed E-state index contributed by atoms with van der Waals surface area (Å²) in [7, 11) is 0. The number of anilines is 1. The molecule has 1 amide bonds. The standard InChI is InChI=1S/C16H14F2N2OS/c1-16(2,3)11-8-22-15(10(11)7-19)20-14(21)9-4-5-12(17)13(18)6-9/h4-6,8H,1-3H3,(H,20,21). The van der Waals surface area contributed by atoms with Crippen LogP contribution in [0.1, 0.15) is 42.3 Å². The van der Waals surface area contributed by atoms with Crippen molar-refractivity contribution in [3.05, 3.63) is 51.9 Å². The van der Waals surface area contributed by atoms with E-state index in [0.717, 1.165) is 17.7 Å². The number of hydrogen-bond acceptors (Lipinski definition) is 3. The van der Waals surface area contributed by atoms with Crippen molar-refractivity contribution in [2.45, 2.75) is 26.2 Å². The summed E-state index contributed by atoms with van der Waals surface area (Å²) in [6, 6.07) is 5.00. The van der Waals surface area contributed by atoms with Gasteiger partial charge in [0, 0.05) is 5.56 Å². The van der Waals surface area contributed by atoms with E-state index in [2.05, 4.69) is 11.4 Å². The highest BCUT2D eigenvalue weighted by Gasteiger charge is 2.23. The monoisotopic (exact) mass is 320 g/mol. The van der Waals surface area contributed by atoms with Crippen LogP contribution in [0.15, 0.2) is 23.6 Å². The third kappa shape index (κ3) is 3.15. The Kier molecular flexibility index (Phi) is 4.29. The number of nitrogens with one attached hydrogen (secondary N) is 1. The number of carbonyl (C=O) groups excluding carboxylic acids is 1. The second-order valence-electron chi connectivity index (χ2n) is 5.80. The maximum absolute atomic E-state index is 13.2. The van der Waals surface area contributed by atoms with Crippen molar-refractivity contribution in [2.75, 3.05) is 5.32 Å². The average Bonchev–Trinajstić information content (AvgIpc) is 2.84. The van der Waals surface area contributed by atoms with Gasteiger partial charge in [-0.05, 0) is 34.6 Å². The van der Waals surface area contributed by atoms with Gasteiger partial charge in [-0.25, -0.2) is 8.78 Å². The molecule has 0 fully saturated rings. The highest BCUT2D eigenvalue weighted by Crippen LogP contribution is 2.35. The van der Waals surface area contributed by atoms with Crippen molar-refractivity contribution in [3.8, 4) is 6.07 Å². The van der Waals surface area contributed by atoms with Crippen LogP contribution in [-0.2, 0) is 5.41 Å². The summed E-state index contributed by atoms with van der Waals surface area (Å²) in [6.45, 7) is 5.91. The normalized spacial score (nSPS) is 11.1. The first-order valence-corrected chi connectivity index (χ1v) is 7.40. The van der Waals surface area contributed by atoms with Gasteiger partial charge in [-0.2, -0.15) is 5.26 Å². The number of thiophene rings is 1. The number of rotatable bonds is 2. The van der Waals surface area contributed by atoms with Crippen molar-refractivity contribution < 1.29 is 13.6 Å². The van der Waals surface area contributed by atoms with Crippen LogP contribution in [0, 0.1) is 23.0 Å². The van der Waals surface area contributed by atoms with E-state index in [0.29, 0.717) is 10.6 Å². The summed E-state index contributed by atoms with van der Waals surface area (Å²) in [5.74, 6) is -2.69. The predicted octanol–water partition coefficient (Wildman–Crippen LogP) is 4.45. The van der Waals surface area contributed by atoms with Gasteiger partial charge in [-0.15, -0.1) is 11.3 Å². The summed E-state index contributed by atoms with van der Waals surface area (Å²) in [4.78, 5) is 12.1. The largest absolute Gasteiger partial charge is 0.312 e. The van der Waals surface area contributed by atoms with Crippen molar-refractivity contribution in [2.24, 2.45) is 0 Å². The Balaban J connectivity index is 2.31. The molecule has 0 radical (unpaired) electrons. The number of nitriles is 1. The van der Waals surface area contributed by atoms with Crippen LogP contribution < -0.4 is 5.32 Å². The molecule has 3 nitrogen and oxygen atoms in total. The lowest BCUT2D eigenvalue weighted by Gasteiger charge is -2.17. The molecule has 114 valence electrons. The van der Waals surface area contributed by atoms with Gasteiger partial charge < -0.3 is 5.32 Å². The van der Waals surface area contributed by atoms with Crippen LogP contribution in [0.25, 0.3) is 0 Å². The first-order valence-electron chi connectivity index (χ1n) is 6.52. The Hall–Kier alpha value is -2.26. The predicted molar refractivity (Wildman–Crippen MR) is 82.0 cm³/mol. The van der Waals surface area contributed by atoms with Gasteiger partial charge in [0.25, 0.3) is 5.91 Å². The van der Waals surface area contributed by atoms with E-state index in [9.17, 15) is 18.8 Å². The van der Waals surface area contributed by atoms with E-state index >= 15 is 0 Å². The zero-order valence-electron chi connectivity index (χ0n) is 12.3. The van der Waals surface area contributed by atoms with Gasteiger partial charge in [-0.3, -0.25) is 4.79 Å². The molecule has 0 aliphatic rings. The lowest BCUT2D eigenvalue weighted by atomic mass is 9.86. The molecule has 1 heterocycles. The van der Waals surface area contributed by atoms with Crippen LogP contribution in [0.4, 0.5) is 13.8 Å². The maximum atomic E-state index is 13.2. The second-order valence-corrected chi connectivity index (χ2v) is 6.68. The van der Waals surface area contributed by atoms with Gasteiger partial charge in [0.1, 0.15) is 11.1 Å². The first-order chi connectivity index (χ1) is 10.2. The summed E-state index contributed by atoms with van der Waals surface area (Å²) >= 11 is 1.24. The van der Waals surface area contributed by atoms with E-state index in [4.69, 9.17) is 0 Å². The molecular weight excluding hydrogens is 306 g/mol. The highest BCUT2D eigenvalue weighted by molar-refractivity contribution is 7.14. The molecule has 0 saturated carbocycles. The van der Waals surface area contributed by atoms with Crippen molar-refractivity contribution in [3.63, 3.8) is 0 Å². The first kappa shape index (κ1) is 16.1. The average molecular weight is 320 g/mol. The molecule has 0 bridgehead atoms. The number of nitrogens with zero attached hydrogens (tertiary/aromatic N) is 1. The number of amides is 1. The highest BCUT2D eigenvalue weighted by atomic mass is 32.1. The minimum Gasteiger partial charge on any atom is -0.312 e. The third-order valence-electron chi connectivity index (χ3n) is 3.12. The summed E-state index contributed by atoms with van der Waals surface area (Å²) in [5.41, 5.74) is 0.995. The fourth-order valence-corrected chi connectivity index (χ4v) is 3.06. The zero-order valence-corrected chi connectivity index (χ0v) is 13.1. The molecule has 1 aromatic carbocycles. The minimum absolute atomic E-state index is 0.00602. The molecule has 22 heavy (non-hydrogen) atoms. The Bertz CT molecular complexity index is 769. The molecule has 0 unspecified atom stereocenters. The number of benzene rings is 1. The quantitative estimate of drug-likeness (QED) is 0.889. The van der Waals surface area contributed by atoms with Gasteiger partial charge in [-0.1, -0.05) is 20.8 Å². The molecule has 0 aliphatic heterocycles. The van der Waals surface area contributed by atoms with E-state index in [1.165, 1.54) is 17.4 Å². The van der Waals surface area contributed by atoms with E-state index in [1.54, 1.807) is 0 Å². The van der Waals surface area contributed by atoms with E-state index in [-0.39, 0.29) is 11.0 Å². The van der Waals surface area contributed by atoms with Crippen molar-refractivity contribution in [1.29, 1.82) is 5.26 Å². The van der Waals surface area contributed by atoms with Gasteiger partial charge in [0.2, 0.25) is 0 Å². The number of halogens is 2. The minimum atomic E-state index is -1.09. The van der Waals surface area contributed by atoms with Crippen LogP contribution in [0.2, 0.25) is 0 Å². The Morgan fingerprint density at radius 3 is 2.50 bits per heavy atom. The van der Waals surface area contributed by atoms with Crippen LogP contribution in [0.5, 0.6) is 0 Å². The second kappa shape index (κ2) is 5.85. The Labute approximate surface area is 131 Å². The molecule has 0 saturated heterocycles. The number of hydrogen-bond donors (Lipinski definition) is 1. The molecule has 1 N–H and O–H groups in total. The SMILES string of the molecule is CC(C)(C)c1csc(NC(=O)c2ccc(F)c(F)c2)c1C#N. The number of carbonyl (C=O) groups is 1. The molecule has 0 atom stereocenters. The Morgan fingerprint density at radius 1 is 1.27 bits per heavy atom. The fraction of sp³-hybridized carbons (Fsp3) is 0.250. The summed E-state index contributed by atoms with van der Waals surface area (Å²) < 4.78 is 26.1. The molecule has 0 spiro atoms. The summed E-state index contributed by atoms with van der Waals surface area (Å²) in [6.07, 6.45) is 0. The van der Waals surface area contributed by atoms with Gasteiger partial charge in [0.05, 0.1) is 5.56 Å². The van der Waals surface area contributed by atoms with Gasteiger partial charge in [0.15, 0.2) is 11.6 Å². The van der Waals surface area contributed by atoms with Crippen LogP contribution in [0.3, 0.4) is 0 Å². The zero-order chi connectivity index (χ0) is 16.5. The Morgan fingerprint density at radius 2 is 1.95 bits per heavy atom. The van der Waals surface area contributed by atoms with Crippen molar-refractivity contribution >= 4 is 22.2 Å². The molecule has 0 aliphatic carbocycles.